The van der Waals surface area contributed by atoms with Crippen LogP contribution in [0.3, 0.4) is 0 Å². The number of hydrogen-bond acceptors (Lipinski definition) is 3. The third-order valence-electron chi connectivity index (χ3n) is 2.95. The summed E-state index contributed by atoms with van der Waals surface area (Å²) in [6, 6.07) is 3.60. The number of esters is 1. The summed E-state index contributed by atoms with van der Waals surface area (Å²) < 4.78 is 30.4. The number of nitrogens with one attached hydrogen (secondary N) is 1. The van der Waals surface area contributed by atoms with E-state index in [2.05, 4.69) is 10.1 Å². The van der Waals surface area contributed by atoms with Crippen LogP contribution in [0.1, 0.15) is 31.2 Å². The molecule has 112 valence electrons. The van der Waals surface area contributed by atoms with Crippen LogP contribution in [0.4, 0.5) is 8.78 Å². The van der Waals surface area contributed by atoms with Gasteiger partial charge in [0.05, 0.1) is 7.11 Å². The lowest BCUT2D eigenvalue weighted by Crippen LogP contribution is -2.17. The predicted molar refractivity (Wildman–Crippen MR) is 73.4 cm³/mol. The summed E-state index contributed by atoms with van der Waals surface area (Å²) in [7, 11) is 1.38. The van der Waals surface area contributed by atoms with E-state index in [0.29, 0.717) is 18.4 Å². The molecule has 0 aliphatic rings. The highest BCUT2D eigenvalue weighted by molar-refractivity contribution is 5.68. The lowest BCUT2D eigenvalue weighted by molar-refractivity contribution is -0.140. The molecule has 0 fully saturated rings. The molecule has 3 nitrogen and oxygen atoms in total. The standard InChI is InChI=1S/C15H21F2NO2/c1-20-15(19)6-2-3-7-18-8-4-5-12-9-13(16)11-14(17)10-12/h9-11,18H,2-8H2,1H3. The highest BCUT2D eigenvalue weighted by atomic mass is 19.1. The molecule has 0 aliphatic heterocycles. The topological polar surface area (TPSA) is 38.3 Å². The third kappa shape index (κ3) is 7.19. The van der Waals surface area contributed by atoms with Gasteiger partial charge in [0.15, 0.2) is 0 Å². The predicted octanol–water partition coefficient (Wildman–Crippen LogP) is 2.83. The van der Waals surface area contributed by atoms with E-state index in [9.17, 15) is 13.6 Å². The molecule has 0 heterocycles. The first-order chi connectivity index (χ1) is 9.61. The van der Waals surface area contributed by atoms with Gasteiger partial charge in [0.2, 0.25) is 0 Å². The fourth-order valence-electron chi connectivity index (χ4n) is 1.92. The molecule has 1 rings (SSSR count). The Balaban J connectivity index is 2.03. The van der Waals surface area contributed by atoms with Gasteiger partial charge in [-0.05, 0) is 56.5 Å². The zero-order valence-electron chi connectivity index (χ0n) is 11.8. The van der Waals surface area contributed by atoms with Gasteiger partial charge in [-0.15, -0.1) is 0 Å². The minimum Gasteiger partial charge on any atom is -0.469 e. The number of carbonyl (C=O) groups is 1. The highest BCUT2D eigenvalue weighted by Crippen LogP contribution is 2.09. The molecule has 1 aromatic rings. The number of benzene rings is 1. The number of ether oxygens (including phenoxy) is 1. The quantitative estimate of drug-likeness (QED) is 0.560. The summed E-state index contributed by atoms with van der Waals surface area (Å²) in [6.07, 6.45) is 3.61. The molecule has 0 radical (unpaired) electrons. The van der Waals surface area contributed by atoms with Crippen LogP contribution in [0.2, 0.25) is 0 Å². The van der Waals surface area contributed by atoms with Gasteiger partial charge in [-0.25, -0.2) is 8.78 Å². The van der Waals surface area contributed by atoms with E-state index in [-0.39, 0.29) is 5.97 Å². The van der Waals surface area contributed by atoms with Crippen molar-refractivity contribution in [3.63, 3.8) is 0 Å². The Bertz CT molecular complexity index is 404. The zero-order chi connectivity index (χ0) is 14.8. The normalized spacial score (nSPS) is 10.6. The average molecular weight is 285 g/mol. The van der Waals surface area contributed by atoms with Crippen LogP contribution in [0, 0.1) is 11.6 Å². The largest absolute Gasteiger partial charge is 0.469 e. The van der Waals surface area contributed by atoms with Gasteiger partial charge in [0.25, 0.3) is 0 Å². The van der Waals surface area contributed by atoms with Gasteiger partial charge < -0.3 is 10.1 Å². The Morgan fingerprint density at radius 3 is 2.40 bits per heavy atom. The molecule has 0 bridgehead atoms. The molecule has 0 amide bonds. The molecule has 1 N–H and O–H groups in total. The maximum atomic E-state index is 12.9. The van der Waals surface area contributed by atoms with E-state index in [1.807, 2.05) is 0 Å². The van der Waals surface area contributed by atoms with Crippen molar-refractivity contribution in [2.24, 2.45) is 0 Å². The van der Waals surface area contributed by atoms with E-state index >= 15 is 0 Å². The Morgan fingerprint density at radius 1 is 1.10 bits per heavy atom. The summed E-state index contributed by atoms with van der Waals surface area (Å²) in [5, 5.41) is 3.24. The van der Waals surface area contributed by atoms with E-state index in [4.69, 9.17) is 0 Å². The molecule has 0 aliphatic carbocycles. The first kappa shape index (κ1) is 16.6. The maximum Gasteiger partial charge on any atom is 0.305 e. The van der Waals surface area contributed by atoms with Crippen molar-refractivity contribution in [2.75, 3.05) is 20.2 Å². The van der Waals surface area contributed by atoms with Crippen LogP contribution in [-0.4, -0.2) is 26.2 Å². The van der Waals surface area contributed by atoms with Crippen LogP contribution in [-0.2, 0) is 16.0 Å². The van der Waals surface area contributed by atoms with Crippen molar-refractivity contribution in [3.05, 3.63) is 35.4 Å². The van der Waals surface area contributed by atoms with Crippen LogP contribution in [0.5, 0.6) is 0 Å². The first-order valence-corrected chi connectivity index (χ1v) is 6.84. The van der Waals surface area contributed by atoms with Gasteiger partial charge in [0, 0.05) is 12.5 Å². The Morgan fingerprint density at radius 2 is 1.75 bits per heavy atom. The van der Waals surface area contributed by atoms with Crippen molar-refractivity contribution >= 4 is 5.97 Å². The first-order valence-electron chi connectivity index (χ1n) is 6.84. The molecule has 0 saturated heterocycles. The van der Waals surface area contributed by atoms with Crippen LogP contribution in [0.15, 0.2) is 18.2 Å². The SMILES string of the molecule is COC(=O)CCCCNCCCc1cc(F)cc(F)c1. The number of rotatable bonds is 9. The monoisotopic (exact) mass is 285 g/mol. The number of halogens is 2. The number of aryl methyl sites for hydroxylation is 1. The fourth-order valence-corrected chi connectivity index (χ4v) is 1.92. The van der Waals surface area contributed by atoms with Crippen LogP contribution < -0.4 is 5.32 Å². The Hall–Kier alpha value is -1.49. The minimum atomic E-state index is -0.532. The van der Waals surface area contributed by atoms with Crippen molar-refractivity contribution in [1.82, 2.24) is 5.32 Å². The molecule has 0 spiro atoms. The molecular formula is C15H21F2NO2. The third-order valence-corrected chi connectivity index (χ3v) is 2.95. The number of carbonyl (C=O) groups excluding carboxylic acids is 1. The fraction of sp³-hybridized carbons (Fsp3) is 0.533. The van der Waals surface area contributed by atoms with E-state index in [1.54, 1.807) is 0 Å². The molecule has 0 unspecified atom stereocenters. The number of unbranched alkanes of at least 4 members (excludes halogenated alkanes) is 1. The molecule has 20 heavy (non-hydrogen) atoms. The van der Waals surface area contributed by atoms with Gasteiger partial charge in [-0.3, -0.25) is 4.79 Å². The van der Waals surface area contributed by atoms with Gasteiger partial charge in [0.1, 0.15) is 11.6 Å². The van der Waals surface area contributed by atoms with Gasteiger partial charge in [-0.1, -0.05) is 0 Å². The second-order valence-corrected chi connectivity index (χ2v) is 4.66. The van der Waals surface area contributed by atoms with Crippen molar-refractivity contribution in [2.45, 2.75) is 32.1 Å². The van der Waals surface area contributed by atoms with Crippen LogP contribution in [0.25, 0.3) is 0 Å². The van der Waals surface area contributed by atoms with Crippen molar-refractivity contribution < 1.29 is 18.3 Å². The molecule has 0 atom stereocenters. The minimum absolute atomic E-state index is 0.182. The summed E-state index contributed by atoms with van der Waals surface area (Å²) in [6.45, 7) is 1.62. The summed E-state index contributed by atoms with van der Waals surface area (Å²) in [5.74, 6) is -1.25. The second-order valence-electron chi connectivity index (χ2n) is 4.66. The second kappa shape index (κ2) is 9.42. The Kier molecular flexibility index (Phi) is 7.80. The number of hydrogen-bond donors (Lipinski definition) is 1. The van der Waals surface area contributed by atoms with E-state index in [1.165, 1.54) is 19.2 Å². The van der Waals surface area contributed by atoms with Crippen molar-refractivity contribution in [1.29, 1.82) is 0 Å². The summed E-state index contributed by atoms with van der Waals surface area (Å²) in [4.78, 5) is 10.9. The lowest BCUT2D eigenvalue weighted by Gasteiger charge is -2.05. The van der Waals surface area contributed by atoms with Crippen LogP contribution >= 0.6 is 0 Å². The maximum absolute atomic E-state index is 12.9. The van der Waals surface area contributed by atoms with Crippen molar-refractivity contribution in [3.8, 4) is 0 Å². The van der Waals surface area contributed by atoms with Gasteiger partial charge >= 0.3 is 5.97 Å². The highest BCUT2D eigenvalue weighted by Gasteiger charge is 2.01. The van der Waals surface area contributed by atoms with E-state index in [0.717, 1.165) is 38.4 Å². The lowest BCUT2D eigenvalue weighted by atomic mass is 10.1. The smallest absolute Gasteiger partial charge is 0.305 e. The molecule has 5 heteroatoms. The molecule has 0 saturated carbocycles. The number of methoxy groups -OCH3 is 1. The zero-order valence-corrected chi connectivity index (χ0v) is 11.8. The molecule has 0 aromatic heterocycles. The molecule has 1 aromatic carbocycles. The Labute approximate surface area is 118 Å². The average Bonchev–Trinajstić information content (AvgIpc) is 2.40. The molecular weight excluding hydrogens is 264 g/mol. The van der Waals surface area contributed by atoms with Gasteiger partial charge in [-0.2, -0.15) is 0 Å². The van der Waals surface area contributed by atoms with E-state index < -0.39 is 11.6 Å². The summed E-state index contributed by atoms with van der Waals surface area (Å²) in [5.41, 5.74) is 0.676. The summed E-state index contributed by atoms with van der Waals surface area (Å²) >= 11 is 0.